The summed E-state index contributed by atoms with van der Waals surface area (Å²) in [5, 5.41) is 0. The molecule has 98 valence electrons. The van der Waals surface area contributed by atoms with Gasteiger partial charge in [-0.05, 0) is 64.8 Å². The van der Waals surface area contributed by atoms with Crippen LogP contribution in [0.4, 0.5) is 11.4 Å². The van der Waals surface area contributed by atoms with E-state index in [0.29, 0.717) is 11.3 Å². The van der Waals surface area contributed by atoms with Gasteiger partial charge in [0, 0.05) is 22.9 Å². The summed E-state index contributed by atoms with van der Waals surface area (Å²) in [4.78, 5) is 14.0. The van der Waals surface area contributed by atoms with Gasteiger partial charge in [-0.15, -0.1) is 0 Å². The van der Waals surface area contributed by atoms with Gasteiger partial charge in [0.05, 0.1) is 5.56 Å². The Morgan fingerprint density at radius 2 is 1.79 bits per heavy atom. The van der Waals surface area contributed by atoms with E-state index >= 15 is 0 Å². The number of carbonyl (C=O) groups excluding carboxylic acids is 1. The number of anilines is 2. The van der Waals surface area contributed by atoms with E-state index in [4.69, 9.17) is 5.73 Å². The summed E-state index contributed by atoms with van der Waals surface area (Å²) in [6.07, 6.45) is 0. The van der Waals surface area contributed by atoms with Gasteiger partial charge in [0.15, 0.2) is 0 Å². The van der Waals surface area contributed by atoms with Crippen LogP contribution in [0.2, 0.25) is 0 Å². The van der Waals surface area contributed by atoms with Crippen LogP contribution in [0.3, 0.4) is 0 Å². The van der Waals surface area contributed by atoms with Crippen LogP contribution in [0, 0.1) is 6.92 Å². The lowest BCUT2D eigenvalue weighted by Gasteiger charge is -2.18. The maximum atomic E-state index is 12.4. The number of halogens is 1. The molecule has 2 N–H and O–H groups in total. The molecule has 1 amide bonds. The lowest BCUT2D eigenvalue weighted by molar-refractivity contribution is 0.0992. The number of rotatable bonds is 2. The average molecular weight is 319 g/mol. The molecule has 0 saturated carbocycles. The number of hydrogen-bond acceptors (Lipinski definition) is 2. The maximum absolute atomic E-state index is 12.4. The summed E-state index contributed by atoms with van der Waals surface area (Å²) in [7, 11) is 1.75. The fourth-order valence-corrected chi connectivity index (χ4v) is 2.45. The van der Waals surface area contributed by atoms with Crippen LogP contribution in [0.5, 0.6) is 0 Å². The lowest BCUT2D eigenvalue weighted by Crippen LogP contribution is -2.26. The highest BCUT2D eigenvalue weighted by molar-refractivity contribution is 9.10. The predicted octanol–water partition coefficient (Wildman–Crippen LogP) is 3.62. The van der Waals surface area contributed by atoms with Gasteiger partial charge in [0.25, 0.3) is 5.91 Å². The topological polar surface area (TPSA) is 46.3 Å². The van der Waals surface area contributed by atoms with Gasteiger partial charge in [-0.1, -0.05) is 6.07 Å². The number of nitrogens with two attached hydrogens (primary N) is 1. The molecule has 2 rings (SSSR count). The Labute approximate surface area is 121 Å². The van der Waals surface area contributed by atoms with Gasteiger partial charge in [0.2, 0.25) is 0 Å². The van der Waals surface area contributed by atoms with E-state index in [0.717, 1.165) is 15.7 Å². The molecule has 0 bridgehead atoms. The molecule has 19 heavy (non-hydrogen) atoms. The van der Waals surface area contributed by atoms with E-state index in [2.05, 4.69) is 15.9 Å². The molecular formula is C15H15BrN2O. The molecule has 3 nitrogen and oxygen atoms in total. The zero-order valence-electron chi connectivity index (χ0n) is 10.9. The molecular weight excluding hydrogens is 304 g/mol. The average Bonchev–Trinajstić information content (AvgIpc) is 2.38. The number of amides is 1. The minimum absolute atomic E-state index is 0.0587. The first kappa shape index (κ1) is 13.6. The standard InChI is InChI=1S/C15H15BrN2O/c1-10-3-8-13(14(16)9-10)15(19)18(2)12-6-4-11(17)5-7-12/h3-9H,17H2,1-2H3. The van der Waals surface area contributed by atoms with Crippen molar-refractivity contribution in [2.45, 2.75) is 6.92 Å². The third-order valence-electron chi connectivity index (χ3n) is 2.94. The van der Waals surface area contributed by atoms with Crippen molar-refractivity contribution in [2.24, 2.45) is 0 Å². The van der Waals surface area contributed by atoms with Gasteiger partial charge >= 0.3 is 0 Å². The highest BCUT2D eigenvalue weighted by atomic mass is 79.9. The van der Waals surface area contributed by atoms with Crippen molar-refractivity contribution in [1.82, 2.24) is 0 Å². The number of aryl methyl sites for hydroxylation is 1. The third-order valence-corrected chi connectivity index (χ3v) is 3.60. The fourth-order valence-electron chi connectivity index (χ4n) is 1.79. The largest absolute Gasteiger partial charge is 0.399 e. The first-order valence-electron chi connectivity index (χ1n) is 5.89. The van der Waals surface area contributed by atoms with Gasteiger partial charge < -0.3 is 10.6 Å². The van der Waals surface area contributed by atoms with Crippen LogP contribution >= 0.6 is 15.9 Å². The number of nitrogen functional groups attached to an aromatic ring is 1. The van der Waals surface area contributed by atoms with Crippen LogP contribution in [0.15, 0.2) is 46.9 Å². The minimum atomic E-state index is -0.0587. The Morgan fingerprint density at radius 1 is 1.16 bits per heavy atom. The second-order valence-electron chi connectivity index (χ2n) is 4.44. The Bertz CT molecular complexity index is 608. The fraction of sp³-hybridized carbons (Fsp3) is 0.133. The van der Waals surface area contributed by atoms with Gasteiger partial charge in [0.1, 0.15) is 0 Å². The number of hydrogen-bond donors (Lipinski definition) is 1. The van der Waals surface area contributed by atoms with E-state index in [1.165, 1.54) is 0 Å². The molecule has 4 heteroatoms. The second kappa shape index (κ2) is 5.45. The quantitative estimate of drug-likeness (QED) is 0.860. The Hall–Kier alpha value is -1.81. The van der Waals surface area contributed by atoms with Crippen molar-refractivity contribution in [2.75, 3.05) is 17.7 Å². The molecule has 0 atom stereocenters. The van der Waals surface area contributed by atoms with E-state index in [1.54, 1.807) is 24.1 Å². The van der Waals surface area contributed by atoms with Gasteiger partial charge in [-0.2, -0.15) is 0 Å². The van der Waals surface area contributed by atoms with Crippen LogP contribution in [0.25, 0.3) is 0 Å². The highest BCUT2D eigenvalue weighted by Gasteiger charge is 2.16. The van der Waals surface area contributed by atoms with E-state index < -0.39 is 0 Å². The van der Waals surface area contributed by atoms with E-state index in [-0.39, 0.29) is 5.91 Å². The van der Waals surface area contributed by atoms with Gasteiger partial charge in [-0.3, -0.25) is 4.79 Å². The minimum Gasteiger partial charge on any atom is -0.399 e. The summed E-state index contributed by atoms with van der Waals surface area (Å²) < 4.78 is 0.805. The number of benzene rings is 2. The van der Waals surface area contributed by atoms with Crippen LogP contribution in [0.1, 0.15) is 15.9 Å². The molecule has 0 unspecified atom stereocenters. The molecule has 0 heterocycles. The first-order chi connectivity index (χ1) is 8.99. The Kier molecular flexibility index (Phi) is 3.90. The van der Waals surface area contributed by atoms with Crippen molar-refractivity contribution < 1.29 is 4.79 Å². The molecule has 2 aromatic rings. The zero-order valence-corrected chi connectivity index (χ0v) is 12.4. The van der Waals surface area contributed by atoms with Crippen LogP contribution < -0.4 is 10.6 Å². The molecule has 0 aromatic heterocycles. The molecule has 2 aromatic carbocycles. The summed E-state index contributed by atoms with van der Waals surface area (Å²) in [6, 6.07) is 12.9. The molecule has 0 aliphatic carbocycles. The monoisotopic (exact) mass is 318 g/mol. The molecule has 0 spiro atoms. The SMILES string of the molecule is Cc1ccc(C(=O)N(C)c2ccc(N)cc2)c(Br)c1. The maximum Gasteiger partial charge on any atom is 0.259 e. The van der Waals surface area contributed by atoms with Crippen molar-refractivity contribution in [3.05, 3.63) is 58.1 Å². The second-order valence-corrected chi connectivity index (χ2v) is 5.29. The van der Waals surface area contributed by atoms with Gasteiger partial charge in [-0.25, -0.2) is 0 Å². The van der Waals surface area contributed by atoms with Crippen molar-refractivity contribution in [3.63, 3.8) is 0 Å². The van der Waals surface area contributed by atoms with Crippen molar-refractivity contribution >= 4 is 33.2 Å². The lowest BCUT2D eigenvalue weighted by atomic mass is 10.1. The molecule has 0 saturated heterocycles. The first-order valence-corrected chi connectivity index (χ1v) is 6.68. The third kappa shape index (κ3) is 2.96. The summed E-state index contributed by atoms with van der Waals surface area (Å²) in [5.74, 6) is -0.0587. The highest BCUT2D eigenvalue weighted by Crippen LogP contribution is 2.23. The predicted molar refractivity (Wildman–Crippen MR) is 82.5 cm³/mol. The van der Waals surface area contributed by atoms with E-state index in [1.807, 2.05) is 37.3 Å². The summed E-state index contributed by atoms with van der Waals surface area (Å²) in [6.45, 7) is 1.99. The molecule has 0 fully saturated rings. The Morgan fingerprint density at radius 3 is 2.37 bits per heavy atom. The number of carbonyl (C=O) groups is 1. The number of nitrogens with zero attached hydrogens (tertiary/aromatic N) is 1. The molecule has 0 radical (unpaired) electrons. The van der Waals surface area contributed by atoms with Crippen molar-refractivity contribution in [3.8, 4) is 0 Å². The Balaban J connectivity index is 2.30. The summed E-state index contributed by atoms with van der Waals surface area (Å²) >= 11 is 3.43. The zero-order chi connectivity index (χ0) is 14.0. The van der Waals surface area contributed by atoms with E-state index in [9.17, 15) is 4.79 Å². The molecule has 0 aliphatic rings. The van der Waals surface area contributed by atoms with Crippen molar-refractivity contribution in [1.29, 1.82) is 0 Å². The summed E-state index contributed by atoms with van der Waals surface area (Å²) in [5.41, 5.74) is 8.89. The smallest absolute Gasteiger partial charge is 0.259 e. The van der Waals surface area contributed by atoms with Crippen LogP contribution in [-0.4, -0.2) is 13.0 Å². The molecule has 0 aliphatic heterocycles. The normalized spacial score (nSPS) is 10.3. The van der Waals surface area contributed by atoms with Crippen LogP contribution in [-0.2, 0) is 0 Å².